The summed E-state index contributed by atoms with van der Waals surface area (Å²) < 4.78 is 39.7. The minimum atomic E-state index is -4.42. The molecule has 0 atom stereocenters. The molecule has 0 fully saturated rings. The van der Waals surface area contributed by atoms with Crippen LogP contribution in [0, 0.1) is 0 Å². The van der Waals surface area contributed by atoms with E-state index in [4.69, 9.17) is 0 Å². The molecule has 1 aromatic carbocycles. The van der Waals surface area contributed by atoms with Gasteiger partial charge in [-0.3, -0.25) is 9.67 Å². The Kier molecular flexibility index (Phi) is 8.44. The lowest BCUT2D eigenvalue weighted by atomic mass is 10.1. The van der Waals surface area contributed by atoms with Crippen LogP contribution >= 0.6 is 35.3 Å². The monoisotopic (exact) mass is 536 g/mol. The summed E-state index contributed by atoms with van der Waals surface area (Å²) in [5.41, 5.74) is 1.31. The lowest BCUT2D eigenvalue weighted by molar-refractivity contribution is -0.140. The molecular weight excluding hydrogens is 516 g/mol. The fourth-order valence-electron chi connectivity index (χ4n) is 2.51. The number of nitrogens with zero attached hydrogens (tertiary/aromatic N) is 4. The maximum absolute atomic E-state index is 12.6. The third-order valence-corrected chi connectivity index (χ3v) is 4.68. The molecule has 0 amide bonds. The fourth-order valence-corrected chi connectivity index (χ4v) is 3.25. The van der Waals surface area contributed by atoms with E-state index < -0.39 is 11.9 Å². The zero-order valence-corrected chi connectivity index (χ0v) is 18.6. The molecule has 0 spiro atoms. The molecule has 0 bridgehead atoms. The van der Waals surface area contributed by atoms with Gasteiger partial charge in [0.15, 0.2) is 11.7 Å². The summed E-state index contributed by atoms with van der Waals surface area (Å²) in [5, 5.41) is 11.7. The molecule has 0 aliphatic carbocycles. The number of halogens is 4. The average molecular weight is 536 g/mol. The van der Waals surface area contributed by atoms with Crippen LogP contribution in [0.3, 0.4) is 0 Å². The molecule has 2 aromatic heterocycles. The Balaban J connectivity index is 0.00000300. The Morgan fingerprint density at radius 3 is 2.59 bits per heavy atom. The summed E-state index contributed by atoms with van der Waals surface area (Å²) in [4.78, 5) is 7.69. The normalized spacial score (nSPS) is 11.8. The molecule has 156 valence electrons. The first kappa shape index (κ1) is 23.1. The van der Waals surface area contributed by atoms with Crippen molar-refractivity contribution < 1.29 is 13.2 Å². The van der Waals surface area contributed by atoms with Gasteiger partial charge < -0.3 is 10.6 Å². The van der Waals surface area contributed by atoms with Crippen molar-refractivity contribution >= 4 is 41.3 Å². The van der Waals surface area contributed by atoms with Gasteiger partial charge in [-0.05, 0) is 17.2 Å². The van der Waals surface area contributed by atoms with E-state index in [2.05, 4.69) is 31.8 Å². The number of aliphatic imine (C=N–C) groups is 1. The van der Waals surface area contributed by atoms with E-state index in [1.165, 1.54) is 0 Å². The lowest BCUT2D eigenvalue weighted by Crippen LogP contribution is -2.36. The highest BCUT2D eigenvalue weighted by Gasteiger charge is 2.33. The predicted molar refractivity (Wildman–Crippen MR) is 117 cm³/mol. The molecule has 0 saturated heterocycles. The number of benzene rings is 1. The zero-order chi connectivity index (χ0) is 20.0. The third kappa shape index (κ3) is 6.99. The Morgan fingerprint density at radius 2 is 1.93 bits per heavy atom. The van der Waals surface area contributed by atoms with Crippen LogP contribution in [-0.2, 0) is 25.8 Å². The highest BCUT2D eigenvalue weighted by Crippen LogP contribution is 2.29. The van der Waals surface area contributed by atoms with E-state index in [-0.39, 0.29) is 30.5 Å². The standard InChI is InChI=1S/C18H19F3N6S.HI/c1-22-17(24-10-16-26-15(12-28-16)18(19,20)21)23-9-13-4-2-5-14(8-13)11-27-7-3-6-25-27;/h2-8,12H,9-11H2,1H3,(H2,22,23,24);1H. The largest absolute Gasteiger partial charge is 0.434 e. The smallest absolute Gasteiger partial charge is 0.352 e. The SMILES string of the molecule is CN=C(NCc1cccc(Cn2cccn2)c1)NCc1nc(C(F)(F)F)cs1.I. The molecule has 29 heavy (non-hydrogen) atoms. The van der Waals surface area contributed by atoms with Crippen molar-refractivity contribution in [2.24, 2.45) is 4.99 Å². The second-order valence-corrected chi connectivity index (χ2v) is 6.87. The first-order valence-electron chi connectivity index (χ1n) is 8.45. The molecule has 11 heteroatoms. The van der Waals surface area contributed by atoms with E-state index in [0.717, 1.165) is 27.8 Å². The minimum absolute atomic E-state index is 0. The van der Waals surface area contributed by atoms with Crippen LogP contribution in [-0.4, -0.2) is 27.8 Å². The van der Waals surface area contributed by atoms with Crippen molar-refractivity contribution in [3.63, 3.8) is 0 Å². The molecule has 0 aliphatic heterocycles. The summed E-state index contributed by atoms with van der Waals surface area (Å²) in [6.45, 7) is 1.37. The van der Waals surface area contributed by atoms with Crippen LogP contribution in [0.1, 0.15) is 21.8 Å². The van der Waals surface area contributed by atoms with Gasteiger partial charge in [-0.15, -0.1) is 35.3 Å². The number of nitrogens with one attached hydrogen (secondary N) is 2. The summed E-state index contributed by atoms with van der Waals surface area (Å²) in [7, 11) is 1.60. The van der Waals surface area contributed by atoms with Crippen LogP contribution in [0.4, 0.5) is 13.2 Å². The van der Waals surface area contributed by atoms with Crippen molar-refractivity contribution in [2.45, 2.75) is 25.8 Å². The highest BCUT2D eigenvalue weighted by molar-refractivity contribution is 14.0. The molecular formula is C18H20F3IN6S. The molecule has 6 nitrogen and oxygen atoms in total. The number of hydrogen-bond acceptors (Lipinski definition) is 4. The molecule has 3 aromatic rings. The zero-order valence-electron chi connectivity index (χ0n) is 15.5. The van der Waals surface area contributed by atoms with E-state index in [0.29, 0.717) is 24.1 Å². The van der Waals surface area contributed by atoms with Gasteiger partial charge in [-0.2, -0.15) is 18.3 Å². The topological polar surface area (TPSA) is 67.1 Å². The van der Waals surface area contributed by atoms with Crippen LogP contribution < -0.4 is 10.6 Å². The van der Waals surface area contributed by atoms with Crippen molar-refractivity contribution in [1.29, 1.82) is 0 Å². The Bertz CT molecular complexity index is 924. The molecule has 2 heterocycles. The number of guanidine groups is 1. The van der Waals surface area contributed by atoms with Crippen LogP contribution in [0.15, 0.2) is 53.1 Å². The molecule has 0 radical (unpaired) electrons. The van der Waals surface area contributed by atoms with Gasteiger partial charge in [-0.1, -0.05) is 24.3 Å². The molecule has 2 N–H and O–H groups in total. The Morgan fingerprint density at radius 1 is 1.17 bits per heavy atom. The summed E-state index contributed by atoms with van der Waals surface area (Å²) >= 11 is 0.962. The number of hydrogen-bond donors (Lipinski definition) is 2. The Hall–Kier alpha value is -2.15. The molecule has 0 saturated carbocycles. The van der Waals surface area contributed by atoms with Gasteiger partial charge in [0.05, 0.1) is 13.1 Å². The van der Waals surface area contributed by atoms with Gasteiger partial charge in [-0.25, -0.2) is 4.98 Å². The summed E-state index contributed by atoms with van der Waals surface area (Å²) in [5.74, 6) is 0.487. The van der Waals surface area contributed by atoms with Crippen LogP contribution in [0.5, 0.6) is 0 Å². The maximum atomic E-state index is 12.6. The minimum Gasteiger partial charge on any atom is -0.352 e. The number of aromatic nitrogens is 3. The van der Waals surface area contributed by atoms with Gasteiger partial charge in [0, 0.05) is 31.4 Å². The van der Waals surface area contributed by atoms with Crippen LogP contribution in [0.25, 0.3) is 0 Å². The fraction of sp³-hybridized carbons (Fsp3) is 0.278. The second kappa shape index (κ2) is 10.6. The Labute approximate surface area is 187 Å². The van der Waals surface area contributed by atoms with Crippen LogP contribution in [0.2, 0.25) is 0 Å². The van der Waals surface area contributed by atoms with Gasteiger partial charge in [0.1, 0.15) is 5.01 Å². The van der Waals surface area contributed by atoms with Gasteiger partial charge in [0.2, 0.25) is 0 Å². The number of rotatable bonds is 6. The maximum Gasteiger partial charge on any atom is 0.434 e. The van der Waals surface area contributed by atoms with E-state index in [1.807, 2.05) is 35.1 Å². The molecule has 0 aliphatic rings. The third-order valence-electron chi connectivity index (χ3n) is 3.83. The van der Waals surface area contributed by atoms with E-state index >= 15 is 0 Å². The number of alkyl halides is 3. The first-order valence-corrected chi connectivity index (χ1v) is 9.33. The molecule has 0 unspecified atom stereocenters. The van der Waals surface area contributed by atoms with Crippen molar-refractivity contribution in [3.8, 4) is 0 Å². The average Bonchev–Trinajstić information content (AvgIpc) is 3.34. The van der Waals surface area contributed by atoms with Crippen molar-refractivity contribution in [1.82, 2.24) is 25.4 Å². The lowest BCUT2D eigenvalue weighted by Gasteiger charge is -2.12. The first-order chi connectivity index (χ1) is 13.4. The van der Waals surface area contributed by atoms with E-state index in [9.17, 15) is 13.2 Å². The molecule has 3 rings (SSSR count). The number of thiazole rings is 1. The second-order valence-electron chi connectivity index (χ2n) is 5.93. The quantitative estimate of drug-likeness (QED) is 0.285. The summed E-state index contributed by atoms with van der Waals surface area (Å²) in [6.07, 6.45) is -0.781. The van der Waals surface area contributed by atoms with Crippen molar-refractivity contribution in [3.05, 3.63) is 69.9 Å². The highest BCUT2D eigenvalue weighted by atomic mass is 127. The van der Waals surface area contributed by atoms with Crippen molar-refractivity contribution in [2.75, 3.05) is 7.05 Å². The summed E-state index contributed by atoms with van der Waals surface area (Å²) in [6, 6.07) is 9.93. The van der Waals surface area contributed by atoms with Gasteiger partial charge >= 0.3 is 6.18 Å². The predicted octanol–water partition coefficient (Wildman–Crippen LogP) is 3.89. The van der Waals surface area contributed by atoms with E-state index in [1.54, 1.807) is 13.2 Å². The van der Waals surface area contributed by atoms with Gasteiger partial charge in [0.25, 0.3) is 0 Å².